The van der Waals surface area contributed by atoms with Gasteiger partial charge in [0.25, 0.3) is 0 Å². The van der Waals surface area contributed by atoms with Gasteiger partial charge in [-0.15, -0.1) is 0 Å². The van der Waals surface area contributed by atoms with Gasteiger partial charge in [-0.1, -0.05) is 13.3 Å². The number of nitrogens with zero attached hydrogens (tertiary/aromatic N) is 1. The summed E-state index contributed by atoms with van der Waals surface area (Å²) in [6.07, 6.45) is 3.08. The Morgan fingerprint density at radius 1 is 1.46 bits per heavy atom. The van der Waals surface area contributed by atoms with Gasteiger partial charge in [-0.3, -0.25) is 4.79 Å². The zero-order valence-electron chi connectivity index (χ0n) is 9.26. The Balaban J connectivity index is 2.59. The van der Waals surface area contributed by atoms with E-state index in [0.29, 0.717) is 11.8 Å². The third kappa shape index (κ3) is 2.45. The third-order valence-corrected chi connectivity index (χ3v) is 2.91. The summed E-state index contributed by atoms with van der Waals surface area (Å²) in [5.41, 5.74) is 0.00972. The van der Waals surface area contributed by atoms with Gasteiger partial charge in [0.1, 0.15) is 0 Å². The molecular weight excluding hydrogens is 162 g/mol. The van der Waals surface area contributed by atoms with E-state index in [2.05, 4.69) is 27.7 Å². The van der Waals surface area contributed by atoms with E-state index < -0.39 is 0 Å². The quantitative estimate of drug-likeness (QED) is 0.611. The van der Waals surface area contributed by atoms with Crippen LogP contribution in [0.15, 0.2) is 0 Å². The first-order chi connectivity index (χ1) is 5.95. The molecule has 1 unspecified atom stereocenters. The molecule has 0 saturated carbocycles. The Hall–Kier alpha value is -0.530. The van der Waals surface area contributed by atoms with Crippen LogP contribution in [-0.2, 0) is 4.79 Å². The van der Waals surface area contributed by atoms with Gasteiger partial charge in [0.15, 0.2) is 0 Å². The number of hydrogen-bond acceptors (Lipinski definition) is 1. The predicted molar refractivity (Wildman–Crippen MR) is 54.5 cm³/mol. The van der Waals surface area contributed by atoms with Gasteiger partial charge in [-0.25, -0.2) is 0 Å². The van der Waals surface area contributed by atoms with Crippen LogP contribution in [0.2, 0.25) is 0 Å². The average molecular weight is 183 g/mol. The summed E-state index contributed by atoms with van der Waals surface area (Å²) in [5, 5.41) is 0. The first-order valence-corrected chi connectivity index (χ1v) is 5.25. The van der Waals surface area contributed by atoms with Crippen LogP contribution in [0, 0.1) is 5.92 Å². The van der Waals surface area contributed by atoms with Crippen molar-refractivity contribution in [2.45, 2.75) is 52.5 Å². The second kappa shape index (κ2) is 3.69. The van der Waals surface area contributed by atoms with Gasteiger partial charge in [-0.2, -0.15) is 0 Å². The number of likely N-dealkylation sites (tertiary alicyclic amines) is 1. The first-order valence-electron chi connectivity index (χ1n) is 5.25. The van der Waals surface area contributed by atoms with Crippen molar-refractivity contribution in [3.8, 4) is 0 Å². The van der Waals surface area contributed by atoms with Crippen molar-refractivity contribution in [3.63, 3.8) is 0 Å². The van der Waals surface area contributed by atoms with Crippen molar-refractivity contribution in [3.05, 3.63) is 0 Å². The van der Waals surface area contributed by atoms with Crippen LogP contribution in [-0.4, -0.2) is 22.9 Å². The highest BCUT2D eigenvalue weighted by molar-refractivity contribution is 5.77. The monoisotopic (exact) mass is 183 g/mol. The Morgan fingerprint density at radius 3 is 2.46 bits per heavy atom. The van der Waals surface area contributed by atoms with E-state index in [0.717, 1.165) is 19.4 Å². The highest BCUT2D eigenvalue weighted by Crippen LogP contribution is 2.26. The van der Waals surface area contributed by atoms with Gasteiger partial charge < -0.3 is 4.90 Å². The molecule has 13 heavy (non-hydrogen) atoms. The lowest BCUT2D eigenvalue weighted by Crippen LogP contribution is -2.49. The molecule has 0 aromatic rings. The van der Waals surface area contributed by atoms with Gasteiger partial charge >= 0.3 is 0 Å². The number of carbonyl (C=O) groups is 1. The van der Waals surface area contributed by atoms with Crippen molar-refractivity contribution < 1.29 is 4.79 Å². The molecule has 0 aromatic heterocycles. The molecule has 1 aliphatic rings. The molecule has 1 atom stereocenters. The van der Waals surface area contributed by atoms with Gasteiger partial charge in [0.2, 0.25) is 5.91 Å². The fourth-order valence-corrected chi connectivity index (χ4v) is 1.95. The van der Waals surface area contributed by atoms with Crippen LogP contribution in [0.25, 0.3) is 0 Å². The van der Waals surface area contributed by atoms with Crippen molar-refractivity contribution in [1.82, 2.24) is 4.90 Å². The van der Waals surface area contributed by atoms with E-state index in [1.165, 1.54) is 6.42 Å². The first kappa shape index (κ1) is 10.6. The molecule has 2 nitrogen and oxygen atoms in total. The number of amides is 1. The smallest absolute Gasteiger partial charge is 0.223 e. The van der Waals surface area contributed by atoms with E-state index in [-0.39, 0.29) is 5.54 Å². The zero-order chi connectivity index (χ0) is 10.1. The third-order valence-electron chi connectivity index (χ3n) is 2.91. The summed E-state index contributed by atoms with van der Waals surface area (Å²) in [5.74, 6) is 0.969. The van der Waals surface area contributed by atoms with Crippen molar-refractivity contribution >= 4 is 5.91 Å². The molecule has 1 aliphatic heterocycles. The topological polar surface area (TPSA) is 20.3 Å². The SMILES string of the molecule is CCC1CCN(C(C)(C)C)C(=O)C1. The van der Waals surface area contributed by atoms with E-state index in [4.69, 9.17) is 0 Å². The predicted octanol–water partition coefficient (Wildman–Crippen LogP) is 2.43. The fourth-order valence-electron chi connectivity index (χ4n) is 1.95. The lowest BCUT2D eigenvalue weighted by molar-refractivity contribution is -0.140. The summed E-state index contributed by atoms with van der Waals surface area (Å²) < 4.78 is 0. The molecule has 76 valence electrons. The number of piperidine rings is 1. The molecule has 0 aromatic carbocycles. The summed E-state index contributed by atoms with van der Waals surface area (Å²) in [4.78, 5) is 13.7. The van der Waals surface area contributed by atoms with Gasteiger partial charge in [-0.05, 0) is 33.1 Å². The Bertz CT molecular complexity index is 193. The van der Waals surface area contributed by atoms with E-state index >= 15 is 0 Å². The van der Waals surface area contributed by atoms with Crippen molar-refractivity contribution in [1.29, 1.82) is 0 Å². The van der Waals surface area contributed by atoms with E-state index in [9.17, 15) is 4.79 Å². The van der Waals surface area contributed by atoms with Gasteiger partial charge in [0.05, 0.1) is 0 Å². The maximum atomic E-state index is 11.7. The molecule has 2 heteroatoms. The lowest BCUT2D eigenvalue weighted by atomic mass is 9.91. The van der Waals surface area contributed by atoms with Crippen molar-refractivity contribution in [2.75, 3.05) is 6.54 Å². The minimum atomic E-state index is 0.00972. The molecule has 0 N–H and O–H groups in total. The second-order valence-corrected chi connectivity index (χ2v) is 4.98. The molecule has 1 heterocycles. The standard InChI is InChI=1S/C11H21NO/c1-5-9-6-7-12(10(13)8-9)11(2,3)4/h9H,5-8H2,1-4H3. The van der Waals surface area contributed by atoms with Crippen LogP contribution in [0.5, 0.6) is 0 Å². The molecule has 1 fully saturated rings. The summed E-state index contributed by atoms with van der Waals surface area (Å²) in [6, 6.07) is 0. The number of rotatable bonds is 1. The van der Waals surface area contributed by atoms with Crippen LogP contribution in [0.1, 0.15) is 47.0 Å². The van der Waals surface area contributed by atoms with Crippen LogP contribution in [0.3, 0.4) is 0 Å². The molecule has 1 amide bonds. The number of hydrogen-bond donors (Lipinski definition) is 0. The fraction of sp³-hybridized carbons (Fsp3) is 0.909. The summed E-state index contributed by atoms with van der Waals surface area (Å²) in [6.45, 7) is 9.44. The molecule has 0 radical (unpaired) electrons. The van der Waals surface area contributed by atoms with Gasteiger partial charge in [0, 0.05) is 18.5 Å². The largest absolute Gasteiger partial charge is 0.338 e. The average Bonchev–Trinajstić information content (AvgIpc) is 2.01. The minimum Gasteiger partial charge on any atom is -0.338 e. The highest BCUT2D eigenvalue weighted by Gasteiger charge is 2.31. The minimum absolute atomic E-state index is 0.00972. The number of carbonyl (C=O) groups excluding carboxylic acids is 1. The maximum Gasteiger partial charge on any atom is 0.223 e. The molecule has 0 spiro atoms. The highest BCUT2D eigenvalue weighted by atomic mass is 16.2. The molecule has 1 saturated heterocycles. The van der Waals surface area contributed by atoms with Crippen LogP contribution >= 0.6 is 0 Å². The Morgan fingerprint density at radius 2 is 2.08 bits per heavy atom. The zero-order valence-corrected chi connectivity index (χ0v) is 9.26. The Kier molecular flexibility index (Phi) is 2.99. The molecule has 1 rings (SSSR count). The summed E-state index contributed by atoms with van der Waals surface area (Å²) in [7, 11) is 0. The van der Waals surface area contributed by atoms with E-state index in [1.54, 1.807) is 0 Å². The molecular formula is C11H21NO. The molecule has 0 bridgehead atoms. The van der Waals surface area contributed by atoms with E-state index in [1.807, 2.05) is 4.90 Å². The molecule has 0 aliphatic carbocycles. The van der Waals surface area contributed by atoms with Crippen molar-refractivity contribution in [2.24, 2.45) is 5.92 Å². The second-order valence-electron chi connectivity index (χ2n) is 4.98. The Labute approximate surface area is 81.3 Å². The lowest BCUT2D eigenvalue weighted by Gasteiger charge is -2.40. The maximum absolute atomic E-state index is 11.7. The van der Waals surface area contributed by atoms with Crippen LogP contribution in [0.4, 0.5) is 0 Å². The normalized spacial score (nSPS) is 25.1. The van der Waals surface area contributed by atoms with Crippen LogP contribution < -0.4 is 0 Å². The summed E-state index contributed by atoms with van der Waals surface area (Å²) >= 11 is 0.